The zero-order chi connectivity index (χ0) is 22.7. The number of nitrogens with one attached hydrogen (secondary N) is 1. The summed E-state index contributed by atoms with van der Waals surface area (Å²) < 4.78 is 29.0. The minimum atomic E-state index is -3.75. The van der Waals surface area contributed by atoms with Gasteiger partial charge in [-0.2, -0.15) is 4.31 Å². The van der Waals surface area contributed by atoms with Crippen LogP contribution in [0.5, 0.6) is 0 Å². The van der Waals surface area contributed by atoms with E-state index in [4.69, 9.17) is 0 Å². The Morgan fingerprint density at radius 2 is 1.75 bits per heavy atom. The average molecular weight is 452 g/mol. The van der Waals surface area contributed by atoms with Gasteiger partial charge in [0.1, 0.15) is 6.04 Å². The standard InChI is InChI=1S/C24H25N3O4S/c1-18-7-13-21(14-8-18)32(30,31)27-16-4-5-22(27)24(29)25-20-11-9-19(10-12-20)17-26-15-3-2-6-23(26)28/h2-3,6-15,22H,4-5,16-17H2,1H3,(H,25,29)/t22-/m0/s1. The second-order valence-corrected chi connectivity index (χ2v) is 9.83. The first-order valence-corrected chi connectivity index (χ1v) is 11.9. The third-order valence-electron chi connectivity index (χ3n) is 5.61. The number of nitrogens with zero attached hydrogens (tertiary/aromatic N) is 2. The quantitative estimate of drug-likeness (QED) is 0.624. The molecular weight excluding hydrogens is 426 g/mol. The number of benzene rings is 2. The Morgan fingerprint density at radius 1 is 1.03 bits per heavy atom. The van der Waals surface area contributed by atoms with Gasteiger partial charge in [0.05, 0.1) is 11.4 Å². The maximum atomic E-state index is 13.1. The number of aromatic nitrogens is 1. The van der Waals surface area contributed by atoms with Crippen molar-refractivity contribution in [3.8, 4) is 0 Å². The molecule has 4 rings (SSSR count). The first kappa shape index (κ1) is 22.0. The summed E-state index contributed by atoms with van der Waals surface area (Å²) in [7, 11) is -3.75. The first-order chi connectivity index (χ1) is 15.3. The summed E-state index contributed by atoms with van der Waals surface area (Å²) in [5.41, 5.74) is 2.39. The molecule has 8 heteroatoms. The maximum absolute atomic E-state index is 13.1. The number of carbonyl (C=O) groups excluding carboxylic acids is 1. The molecule has 0 spiro atoms. The van der Waals surface area contributed by atoms with Crippen molar-refractivity contribution in [3.05, 3.63) is 94.4 Å². The van der Waals surface area contributed by atoms with E-state index in [1.165, 1.54) is 10.4 Å². The van der Waals surface area contributed by atoms with Crippen molar-refractivity contribution in [3.63, 3.8) is 0 Å². The van der Waals surface area contributed by atoms with Crippen molar-refractivity contribution >= 4 is 21.6 Å². The smallest absolute Gasteiger partial charge is 0.250 e. The Labute approximate surface area is 187 Å². The first-order valence-electron chi connectivity index (χ1n) is 10.5. The van der Waals surface area contributed by atoms with E-state index in [0.29, 0.717) is 31.6 Å². The van der Waals surface area contributed by atoms with Crippen molar-refractivity contribution < 1.29 is 13.2 Å². The highest BCUT2D eigenvalue weighted by Crippen LogP contribution is 2.27. The van der Waals surface area contributed by atoms with Crippen molar-refractivity contribution in [2.75, 3.05) is 11.9 Å². The minimum Gasteiger partial charge on any atom is -0.325 e. The van der Waals surface area contributed by atoms with Crippen LogP contribution in [0.1, 0.15) is 24.0 Å². The zero-order valence-electron chi connectivity index (χ0n) is 17.8. The van der Waals surface area contributed by atoms with E-state index in [9.17, 15) is 18.0 Å². The number of anilines is 1. The normalized spacial score (nSPS) is 16.7. The van der Waals surface area contributed by atoms with Crippen molar-refractivity contribution in [2.45, 2.75) is 37.2 Å². The topological polar surface area (TPSA) is 88.5 Å². The van der Waals surface area contributed by atoms with Crippen LogP contribution in [0.15, 0.2) is 82.6 Å². The number of hydrogen-bond acceptors (Lipinski definition) is 4. The molecule has 1 aliphatic heterocycles. The highest BCUT2D eigenvalue weighted by molar-refractivity contribution is 7.89. The Bertz CT molecular complexity index is 1270. The van der Waals surface area contributed by atoms with E-state index in [1.807, 2.05) is 19.1 Å². The maximum Gasteiger partial charge on any atom is 0.250 e. The van der Waals surface area contributed by atoms with Gasteiger partial charge in [-0.05, 0) is 55.7 Å². The highest BCUT2D eigenvalue weighted by Gasteiger charge is 2.39. The molecule has 1 aromatic heterocycles. The van der Waals surface area contributed by atoms with Crippen LogP contribution in [0, 0.1) is 6.92 Å². The lowest BCUT2D eigenvalue weighted by molar-refractivity contribution is -0.119. The van der Waals surface area contributed by atoms with Gasteiger partial charge >= 0.3 is 0 Å². The Kier molecular flexibility index (Phi) is 6.25. The van der Waals surface area contributed by atoms with Crippen molar-refractivity contribution in [2.24, 2.45) is 0 Å². The molecule has 1 aliphatic rings. The number of hydrogen-bond donors (Lipinski definition) is 1. The predicted octanol–water partition coefficient (Wildman–Crippen LogP) is 3.00. The number of sulfonamides is 1. The summed E-state index contributed by atoms with van der Waals surface area (Å²) in [5.74, 6) is -0.342. The summed E-state index contributed by atoms with van der Waals surface area (Å²) >= 11 is 0. The van der Waals surface area contributed by atoms with Gasteiger partial charge in [0.15, 0.2) is 0 Å². The van der Waals surface area contributed by atoms with Crippen LogP contribution in [-0.2, 0) is 21.4 Å². The van der Waals surface area contributed by atoms with E-state index in [0.717, 1.165) is 11.1 Å². The van der Waals surface area contributed by atoms with E-state index in [1.54, 1.807) is 59.3 Å². The Balaban J connectivity index is 1.45. The molecule has 3 aromatic rings. The molecule has 7 nitrogen and oxygen atoms in total. The number of aryl methyl sites for hydroxylation is 1. The van der Waals surface area contributed by atoms with Crippen LogP contribution < -0.4 is 10.9 Å². The molecule has 166 valence electrons. The second-order valence-electron chi connectivity index (χ2n) is 7.94. The molecule has 0 bridgehead atoms. The van der Waals surface area contributed by atoms with E-state index >= 15 is 0 Å². The summed E-state index contributed by atoms with van der Waals surface area (Å²) in [5, 5.41) is 2.84. The molecular formula is C24H25N3O4S. The fourth-order valence-corrected chi connectivity index (χ4v) is 5.50. The van der Waals surface area contributed by atoms with Crippen molar-refractivity contribution in [1.82, 2.24) is 8.87 Å². The Hall–Kier alpha value is -3.23. The van der Waals surface area contributed by atoms with E-state index < -0.39 is 16.1 Å². The van der Waals surface area contributed by atoms with Crippen LogP contribution in [0.3, 0.4) is 0 Å². The molecule has 0 aliphatic carbocycles. The lowest BCUT2D eigenvalue weighted by Gasteiger charge is -2.23. The number of amides is 1. The second kappa shape index (κ2) is 9.10. The van der Waals surface area contributed by atoms with Crippen LogP contribution in [0.4, 0.5) is 5.69 Å². The Morgan fingerprint density at radius 3 is 2.44 bits per heavy atom. The summed E-state index contributed by atoms with van der Waals surface area (Å²) in [6, 6.07) is 18.1. The minimum absolute atomic E-state index is 0.0824. The predicted molar refractivity (Wildman–Crippen MR) is 123 cm³/mol. The van der Waals surface area contributed by atoms with E-state index in [-0.39, 0.29) is 16.4 Å². The average Bonchev–Trinajstić information content (AvgIpc) is 3.28. The molecule has 1 amide bonds. The molecule has 32 heavy (non-hydrogen) atoms. The molecule has 1 N–H and O–H groups in total. The van der Waals surface area contributed by atoms with Crippen LogP contribution >= 0.6 is 0 Å². The zero-order valence-corrected chi connectivity index (χ0v) is 18.6. The molecule has 1 saturated heterocycles. The highest BCUT2D eigenvalue weighted by atomic mass is 32.2. The molecule has 2 aromatic carbocycles. The molecule has 0 radical (unpaired) electrons. The molecule has 2 heterocycles. The largest absolute Gasteiger partial charge is 0.325 e. The van der Waals surface area contributed by atoms with Crippen LogP contribution in [0.2, 0.25) is 0 Å². The summed E-state index contributed by atoms with van der Waals surface area (Å²) in [4.78, 5) is 25.0. The van der Waals surface area contributed by atoms with Gasteiger partial charge < -0.3 is 9.88 Å². The fraction of sp³-hybridized carbons (Fsp3) is 0.250. The van der Waals surface area contributed by atoms with Gasteiger partial charge in [0.2, 0.25) is 15.9 Å². The van der Waals surface area contributed by atoms with Gasteiger partial charge in [0.25, 0.3) is 5.56 Å². The number of pyridine rings is 1. The van der Waals surface area contributed by atoms with Gasteiger partial charge in [-0.15, -0.1) is 0 Å². The summed E-state index contributed by atoms with van der Waals surface area (Å²) in [6.45, 7) is 2.64. The van der Waals surface area contributed by atoms with Gasteiger partial charge in [-0.3, -0.25) is 9.59 Å². The molecule has 1 fully saturated rings. The summed E-state index contributed by atoms with van der Waals surface area (Å²) in [6.07, 6.45) is 2.83. The molecule has 1 atom stereocenters. The van der Waals surface area contributed by atoms with E-state index in [2.05, 4.69) is 5.32 Å². The number of carbonyl (C=O) groups is 1. The van der Waals surface area contributed by atoms with Gasteiger partial charge in [-0.1, -0.05) is 35.9 Å². The molecule has 0 unspecified atom stereocenters. The fourth-order valence-electron chi connectivity index (χ4n) is 3.84. The van der Waals surface area contributed by atoms with Gasteiger partial charge in [0, 0.05) is 24.5 Å². The lowest BCUT2D eigenvalue weighted by atomic mass is 10.2. The third kappa shape index (κ3) is 4.66. The molecule has 0 saturated carbocycles. The van der Waals surface area contributed by atoms with Gasteiger partial charge in [-0.25, -0.2) is 8.42 Å². The SMILES string of the molecule is Cc1ccc(S(=O)(=O)N2CCC[C@H]2C(=O)Nc2ccc(Cn3ccccc3=O)cc2)cc1. The number of rotatable bonds is 6. The third-order valence-corrected chi connectivity index (χ3v) is 7.53. The lowest BCUT2D eigenvalue weighted by Crippen LogP contribution is -2.43. The van der Waals surface area contributed by atoms with Crippen LogP contribution in [0.25, 0.3) is 0 Å². The van der Waals surface area contributed by atoms with Crippen LogP contribution in [-0.4, -0.2) is 35.8 Å². The van der Waals surface area contributed by atoms with Crippen molar-refractivity contribution in [1.29, 1.82) is 0 Å². The monoisotopic (exact) mass is 451 g/mol.